The van der Waals surface area contributed by atoms with Crippen molar-refractivity contribution in [3.8, 4) is 17.6 Å². The summed E-state index contributed by atoms with van der Waals surface area (Å²) in [4.78, 5) is 22.2. The number of carbonyl (C=O) groups is 1. The maximum Gasteiger partial charge on any atom is 0.182 e. The number of aliphatic imine (C=N–C) groups is 1. The number of ether oxygens (including phenoxy) is 2. The lowest BCUT2D eigenvalue weighted by atomic mass is 9.88. The molecule has 0 bridgehead atoms. The molecule has 0 aliphatic carbocycles. The zero-order valence-electron chi connectivity index (χ0n) is 20.7. The van der Waals surface area contributed by atoms with Crippen molar-refractivity contribution in [3.05, 3.63) is 100 Å². The first-order chi connectivity index (χ1) is 17.9. The molecule has 0 radical (unpaired) electrons. The lowest BCUT2D eigenvalue weighted by molar-refractivity contribution is -0.123. The number of ketones is 1. The van der Waals surface area contributed by atoms with Crippen LogP contribution < -0.4 is 9.47 Å². The van der Waals surface area contributed by atoms with Gasteiger partial charge in [-0.3, -0.25) is 14.8 Å². The first-order valence-electron chi connectivity index (χ1n) is 11.9. The van der Waals surface area contributed by atoms with Crippen LogP contribution in [0.2, 0.25) is 0 Å². The van der Waals surface area contributed by atoms with Crippen molar-refractivity contribution < 1.29 is 18.7 Å². The molecule has 0 amide bonds. The number of nitriles is 1. The van der Waals surface area contributed by atoms with Crippen LogP contribution in [-0.2, 0) is 11.2 Å². The largest absolute Gasteiger partial charge is 0.493 e. The summed E-state index contributed by atoms with van der Waals surface area (Å²) in [5.74, 6) is 0.174. The Morgan fingerprint density at radius 1 is 1.11 bits per heavy atom. The van der Waals surface area contributed by atoms with Gasteiger partial charge in [0.2, 0.25) is 0 Å². The molecule has 0 saturated carbocycles. The van der Waals surface area contributed by atoms with Crippen LogP contribution in [0.3, 0.4) is 0 Å². The lowest BCUT2D eigenvalue weighted by Crippen LogP contribution is -2.21. The molecule has 5 rings (SSSR count). The summed E-state index contributed by atoms with van der Waals surface area (Å²) in [7, 11) is 1.53. The van der Waals surface area contributed by atoms with Gasteiger partial charge in [0.25, 0.3) is 0 Å². The maximum absolute atomic E-state index is 13.5. The fourth-order valence-electron chi connectivity index (χ4n) is 4.65. The smallest absolute Gasteiger partial charge is 0.182 e. The average molecular weight is 494 g/mol. The second-order valence-corrected chi connectivity index (χ2v) is 9.06. The van der Waals surface area contributed by atoms with Gasteiger partial charge in [0.1, 0.15) is 5.82 Å². The van der Waals surface area contributed by atoms with Gasteiger partial charge in [-0.1, -0.05) is 24.3 Å². The molecule has 37 heavy (non-hydrogen) atoms. The number of halogens is 1. The number of benzene rings is 3. The van der Waals surface area contributed by atoms with Crippen LogP contribution in [0.1, 0.15) is 47.8 Å². The van der Waals surface area contributed by atoms with Gasteiger partial charge in [-0.05, 0) is 56.2 Å². The van der Waals surface area contributed by atoms with Gasteiger partial charge in [-0.2, -0.15) is 5.26 Å². The number of hydrogen-bond acceptors (Lipinski definition) is 6. The topological polar surface area (TPSA) is 84.6 Å². The third-order valence-electron chi connectivity index (χ3n) is 6.41. The van der Waals surface area contributed by atoms with Gasteiger partial charge in [0.15, 0.2) is 23.4 Å². The maximum atomic E-state index is 13.5. The zero-order chi connectivity index (χ0) is 26.1. The van der Waals surface area contributed by atoms with E-state index in [1.54, 1.807) is 18.2 Å². The van der Waals surface area contributed by atoms with Crippen LogP contribution in [0.15, 0.2) is 71.9 Å². The number of pyridine rings is 1. The Labute approximate surface area is 214 Å². The second kappa shape index (κ2) is 9.82. The second-order valence-electron chi connectivity index (χ2n) is 9.06. The highest BCUT2D eigenvalue weighted by molar-refractivity contribution is 6.20. The minimum absolute atomic E-state index is 0.0620. The molecule has 3 aromatic carbocycles. The summed E-state index contributed by atoms with van der Waals surface area (Å²) in [6, 6.07) is 18.8. The predicted molar refractivity (Wildman–Crippen MR) is 139 cm³/mol. The molecule has 7 heteroatoms. The number of hydrogen-bond donors (Lipinski definition) is 0. The first-order valence-corrected chi connectivity index (χ1v) is 11.9. The zero-order valence-corrected chi connectivity index (χ0v) is 20.7. The van der Waals surface area contributed by atoms with E-state index >= 15 is 0 Å². The van der Waals surface area contributed by atoms with Crippen molar-refractivity contribution in [2.24, 2.45) is 4.99 Å². The molecule has 2 unspecified atom stereocenters. The van der Waals surface area contributed by atoms with E-state index in [1.807, 2.05) is 24.4 Å². The van der Waals surface area contributed by atoms with Gasteiger partial charge in [-0.15, -0.1) is 0 Å². The number of aromatic nitrogens is 1. The number of nitrogens with zero attached hydrogens (tertiary/aromatic N) is 3. The van der Waals surface area contributed by atoms with Gasteiger partial charge in [0, 0.05) is 34.3 Å². The van der Waals surface area contributed by atoms with Gasteiger partial charge < -0.3 is 9.47 Å². The minimum Gasteiger partial charge on any atom is -0.493 e. The van der Waals surface area contributed by atoms with E-state index in [-0.39, 0.29) is 11.8 Å². The normalized spacial score (nSPS) is 15.3. The molecule has 4 aromatic rings. The Balaban J connectivity index is 1.66. The summed E-state index contributed by atoms with van der Waals surface area (Å²) >= 11 is 0. The van der Waals surface area contributed by atoms with Crippen LogP contribution in [0.25, 0.3) is 10.9 Å². The van der Waals surface area contributed by atoms with Gasteiger partial charge in [-0.25, -0.2) is 4.39 Å². The molecule has 1 aromatic heterocycles. The molecule has 1 aliphatic heterocycles. The number of Topliss-reactive ketones (excluding diaryl/α,β-unsaturated/α-hetero) is 1. The predicted octanol–water partition coefficient (Wildman–Crippen LogP) is 5.75. The number of methoxy groups -OCH3 is 1. The fourth-order valence-corrected chi connectivity index (χ4v) is 4.65. The quantitative estimate of drug-likeness (QED) is 0.342. The van der Waals surface area contributed by atoms with Crippen LogP contribution >= 0.6 is 0 Å². The highest BCUT2D eigenvalue weighted by Crippen LogP contribution is 2.38. The lowest BCUT2D eigenvalue weighted by Gasteiger charge is -2.24. The molecule has 0 N–H and O–H groups in total. The Hall–Kier alpha value is -4.57. The van der Waals surface area contributed by atoms with Crippen molar-refractivity contribution in [1.82, 2.24) is 4.98 Å². The Bertz CT molecular complexity index is 1570. The summed E-state index contributed by atoms with van der Waals surface area (Å²) in [5, 5.41) is 10.0. The number of carbonyl (C=O) groups excluding carboxylic acids is 1. The van der Waals surface area contributed by atoms with E-state index in [9.17, 15) is 14.4 Å². The van der Waals surface area contributed by atoms with Gasteiger partial charge >= 0.3 is 0 Å². The fraction of sp³-hybridized carbons (Fsp3) is 0.200. The Morgan fingerprint density at radius 2 is 1.84 bits per heavy atom. The number of rotatable bonds is 6. The summed E-state index contributed by atoms with van der Waals surface area (Å²) in [6.45, 7) is 3.49. The Morgan fingerprint density at radius 3 is 2.49 bits per heavy atom. The molecule has 184 valence electrons. The van der Waals surface area contributed by atoms with Crippen molar-refractivity contribution in [2.75, 3.05) is 7.11 Å². The molecule has 2 atom stereocenters. The third kappa shape index (κ3) is 4.66. The van der Waals surface area contributed by atoms with Gasteiger partial charge in [0.05, 0.1) is 36.0 Å². The van der Waals surface area contributed by atoms with Crippen LogP contribution in [0.5, 0.6) is 11.5 Å². The third-order valence-corrected chi connectivity index (χ3v) is 6.41. The van der Waals surface area contributed by atoms with E-state index in [0.29, 0.717) is 28.1 Å². The highest BCUT2D eigenvalue weighted by atomic mass is 19.1. The molecule has 6 nitrogen and oxygen atoms in total. The van der Waals surface area contributed by atoms with Crippen molar-refractivity contribution in [3.63, 3.8) is 0 Å². The summed E-state index contributed by atoms with van der Waals surface area (Å²) < 4.78 is 25.3. The van der Waals surface area contributed by atoms with E-state index in [0.717, 1.165) is 34.2 Å². The summed E-state index contributed by atoms with van der Waals surface area (Å²) in [6.07, 6.45) is 1.65. The van der Waals surface area contributed by atoms with Crippen molar-refractivity contribution in [1.29, 1.82) is 5.26 Å². The molecular weight excluding hydrogens is 469 g/mol. The molecular formula is C30H24FN3O3. The monoisotopic (exact) mass is 493 g/mol. The molecule has 0 saturated heterocycles. The van der Waals surface area contributed by atoms with E-state index in [2.05, 4.69) is 18.0 Å². The average Bonchev–Trinajstić information content (AvgIpc) is 2.91. The number of fused-ring (bicyclic) bond motifs is 3. The van der Waals surface area contributed by atoms with Crippen LogP contribution in [0.4, 0.5) is 4.39 Å². The molecule has 0 fully saturated rings. The van der Waals surface area contributed by atoms with Crippen LogP contribution in [0, 0.1) is 17.1 Å². The highest BCUT2D eigenvalue weighted by Gasteiger charge is 2.26. The SMILES string of the molecule is COc1cc2ncc3c(c2cc1OC(C(C)=O)c1ccc(F)cc1)C(c1ccc(C#N)cc1)=NC(C)C3. The Kier molecular flexibility index (Phi) is 6.41. The molecule has 0 spiro atoms. The minimum atomic E-state index is -0.939. The molecule has 1 aliphatic rings. The van der Waals surface area contributed by atoms with Crippen molar-refractivity contribution >= 4 is 22.4 Å². The van der Waals surface area contributed by atoms with Crippen LogP contribution in [-0.4, -0.2) is 29.6 Å². The van der Waals surface area contributed by atoms with Crippen molar-refractivity contribution in [2.45, 2.75) is 32.4 Å². The van der Waals surface area contributed by atoms with E-state index in [4.69, 9.17) is 14.5 Å². The van der Waals surface area contributed by atoms with E-state index in [1.165, 1.54) is 38.3 Å². The van der Waals surface area contributed by atoms with E-state index < -0.39 is 11.9 Å². The molecule has 2 heterocycles. The standard InChI is InChI=1S/C30H24FN3O3/c1-17-12-22-16-33-25-14-26(36-3)27(37-30(18(2)35)21-8-10-23(31)11-9-21)13-24(25)28(22)29(34-17)20-6-4-19(15-32)5-7-20/h4-11,13-14,16-17,30H,12H2,1-3H3. The summed E-state index contributed by atoms with van der Waals surface area (Å²) in [5.41, 5.74) is 5.49. The first kappa shape index (κ1) is 24.1.